The van der Waals surface area contributed by atoms with E-state index in [4.69, 9.17) is 16.7 Å². The van der Waals surface area contributed by atoms with Gasteiger partial charge in [0.25, 0.3) is 0 Å². The predicted octanol–water partition coefficient (Wildman–Crippen LogP) is 1.94. The zero-order valence-electron chi connectivity index (χ0n) is 8.58. The first kappa shape index (κ1) is 11.8. The Kier molecular flexibility index (Phi) is 4.69. The molecule has 1 N–H and O–H groups in total. The highest BCUT2D eigenvalue weighted by molar-refractivity contribution is 6.29. The zero-order valence-corrected chi connectivity index (χ0v) is 9.33. The van der Waals surface area contributed by atoms with E-state index in [0.717, 1.165) is 0 Å². The van der Waals surface area contributed by atoms with Gasteiger partial charge in [0.2, 0.25) is 0 Å². The molecule has 1 aliphatic rings. The van der Waals surface area contributed by atoms with Crippen LogP contribution in [0.3, 0.4) is 0 Å². The van der Waals surface area contributed by atoms with E-state index in [9.17, 15) is 4.79 Å². The molecule has 0 aromatic rings. The van der Waals surface area contributed by atoms with Crippen molar-refractivity contribution in [1.82, 2.24) is 4.90 Å². The Labute approximate surface area is 90.0 Å². The van der Waals surface area contributed by atoms with Crippen molar-refractivity contribution in [3.63, 3.8) is 0 Å². The first-order chi connectivity index (χ1) is 6.61. The minimum Gasteiger partial charge on any atom is -0.480 e. The van der Waals surface area contributed by atoms with E-state index in [1.807, 2.05) is 7.05 Å². The lowest BCUT2D eigenvalue weighted by molar-refractivity contribution is -0.137. The van der Waals surface area contributed by atoms with Gasteiger partial charge in [-0.15, -0.1) is 11.6 Å². The van der Waals surface area contributed by atoms with Crippen molar-refractivity contribution in [3.05, 3.63) is 0 Å². The number of hydrogen-bond acceptors (Lipinski definition) is 2. The van der Waals surface area contributed by atoms with Gasteiger partial charge in [-0.2, -0.15) is 0 Å². The normalized spacial score (nSPS) is 21.1. The first-order valence-electron chi connectivity index (χ1n) is 5.18. The molecule has 82 valence electrons. The van der Waals surface area contributed by atoms with Crippen LogP contribution in [-0.2, 0) is 4.79 Å². The van der Waals surface area contributed by atoms with E-state index in [1.54, 1.807) is 0 Å². The van der Waals surface area contributed by atoms with E-state index in [1.165, 1.54) is 32.1 Å². The monoisotopic (exact) mass is 219 g/mol. The maximum absolute atomic E-state index is 10.6. The number of carboxylic acid groups (broad SMARTS) is 1. The largest absolute Gasteiger partial charge is 0.480 e. The summed E-state index contributed by atoms with van der Waals surface area (Å²) < 4.78 is 0. The smallest absolute Gasteiger partial charge is 0.322 e. The second-order valence-electron chi connectivity index (χ2n) is 4.04. The molecule has 1 fully saturated rings. The third-order valence-electron chi connectivity index (χ3n) is 2.91. The molecular formula is C10H18ClNO2. The van der Waals surface area contributed by atoms with Crippen molar-refractivity contribution >= 4 is 17.6 Å². The van der Waals surface area contributed by atoms with Crippen molar-refractivity contribution in [2.24, 2.45) is 0 Å². The molecule has 1 rings (SSSR count). The standard InChI is InChI=1S/C10H18ClNO2/c1-12(7-9(11)10(13)14)8-5-3-2-4-6-8/h8-9H,2-7H2,1H3,(H,13,14). The minimum absolute atomic E-state index is 0.446. The molecule has 4 heteroatoms. The fourth-order valence-corrected chi connectivity index (χ4v) is 2.22. The van der Waals surface area contributed by atoms with E-state index in [2.05, 4.69) is 4.90 Å². The van der Waals surface area contributed by atoms with Gasteiger partial charge in [-0.05, 0) is 19.9 Å². The molecule has 14 heavy (non-hydrogen) atoms. The lowest BCUT2D eigenvalue weighted by Gasteiger charge is -2.31. The van der Waals surface area contributed by atoms with Crippen LogP contribution in [0.25, 0.3) is 0 Å². The summed E-state index contributed by atoms with van der Waals surface area (Å²) >= 11 is 5.69. The molecule has 0 heterocycles. The molecule has 1 atom stereocenters. The topological polar surface area (TPSA) is 40.5 Å². The highest BCUT2D eigenvalue weighted by Crippen LogP contribution is 2.21. The van der Waals surface area contributed by atoms with Crippen LogP contribution >= 0.6 is 11.6 Å². The van der Waals surface area contributed by atoms with Crippen molar-refractivity contribution in [1.29, 1.82) is 0 Å². The van der Waals surface area contributed by atoms with Crippen LogP contribution in [0.4, 0.5) is 0 Å². The molecule has 0 saturated heterocycles. The highest BCUT2D eigenvalue weighted by atomic mass is 35.5. The summed E-state index contributed by atoms with van der Waals surface area (Å²) in [6.07, 6.45) is 6.19. The molecule has 0 aromatic carbocycles. The summed E-state index contributed by atoms with van der Waals surface area (Å²) in [4.78, 5) is 12.6. The second-order valence-corrected chi connectivity index (χ2v) is 4.56. The van der Waals surface area contributed by atoms with E-state index in [0.29, 0.717) is 12.6 Å². The second kappa shape index (κ2) is 5.56. The summed E-state index contributed by atoms with van der Waals surface area (Å²) in [5, 5.41) is 7.89. The number of carboxylic acids is 1. The molecule has 0 bridgehead atoms. The van der Waals surface area contributed by atoms with E-state index in [-0.39, 0.29) is 0 Å². The van der Waals surface area contributed by atoms with Gasteiger partial charge in [-0.25, -0.2) is 0 Å². The van der Waals surface area contributed by atoms with Gasteiger partial charge in [0.05, 0.1) is 0 Å². The first-order valence-corrected chi connectivity index (χ1v) is 5.62. The van der Waals surface area contributed by atoms with Gasteiger partial charge in [0.1, 0.15) is 5.38 Å². The minimum atomic E-state index is -0.922. The average Bonchev–Trinajstić information content (AvgIpc) is 2.19. The SMILES string of the molecule is CN(CC(Cl)C(=O)O)C1CCCCC1. The predicted molar refractivity (Wildman–Crippen MR) is 56.8 cm³/mol. The van der Waals surface area contributed by atoms with Crippen LogP contribution in [0.15, 0.2) is 0 Å². The average molecular weight is 220 g/mol. The lowest BCUT2D eigenvalue weighted by Crippen LogP contribution is -2.39. The van der Waals surface area contributed by atoms with Crippen molar-refractivity contribution in [2.75, 3.05) is 13.6 Å². The Morgan fingerprint density at radius 3 is 2.57 bits per heavy atom. The number of nitrogens with zero attached hydrogens (tertiary/aromatic N) is 1. The highest BCUT2D eigenvalue weighted by Gasteiger charge is 2.22. The maximum atomic E-state index is 10.6. The third-order valence-corrected chi connectivity index (χ3v) is 3.24. The fraction of sp³-hybridized carbons (Fsp3) is 0.900. The number of carbonyl (C=O) groups is 1. The molecule has 0 spiro atoms. The van der Waals surface area contributed by atoms with Gasteiger partial charge in [0, 0.05) is 12.6 Å². The van der Waals surface area contributed by atoms with Crippen LogP contribution in [0.5, 0.6) is 0 Å². The molecule has 1 saturated carbocycles. The van der Waals surface area contributed by atoms with Gasteiger partial charge in [0.15, 0.2) is 0 Å². The van der Waals surface area contributed by atoms with E-state index < -0.39 is 11.3 Å². The summed E-state index contributed by atoms with van der Waals surface area (Å²) in [5.41, 5.74) is 0. The summed E-state index contributed by atoms with van der Waals surface area (Å²) in [5.74, 6) is -0.922. The molecule has 3 nitrogen and oxygen atoms in total. The Morgan fingerprint density at radius 1 is 1.50 bits per heavy atom. The number of hydrogen-bond donors (Lipinski definition) is 1. The van der Waals surface area contributed by atoms with Gasteiger partial charge >= 0.3 is 5.97 Å². The van der Waals surface area contributed by atoms with Crippen LogP contribution in [0.2, 0.25) is 0 Å². The van der Waals surface area contributed by atoms with Crippen molar-refractivity contribution in [3.8, 4) is 0 Å². The van der Waals surface area contributed by atoms with Crippen LogP contribution < -0.4 is 0 Å². The van der Waals surface area contributed by atoms with E-state index >= 15 is 0 Å². The van der Waals surface area contributed by atoms with Crippen LogP contribution in [-0.4, -0.2) is 41.0 Å². The Balaban J connectivity index is 2.32. The molecule has 0 aromatic heterocycles. The maximum Gasteiger partial charge on any atom is 0.322 e. The Bertz CT molecular complexity index is 193. The molecular weight excluding hydrogens is 202 g/mol. The van der Waals surface area contributed by atoms with Crippen molar-refractivity contribution in [2.45, 2.75) is 43.5 Å². The molecule has 0 aliphatic heterocycles. The molecule has 0 amide bonds. The number of aliphatic carboxylic acids is 1. The third kappa shape index (κ3) is 3.46. The lowest BCUT2D eigenvalue weighted by atomic mass is 9.94. The number of halogens is 1. The van der Waals surface area contributed by atoms with Crippen LogP contribution in [0, 0.1) is 0 Å². The quantitative estimate of drug-likeness (QED) is 0.735. The summed E-state index contributed by atoms with van der Waals surface area (Å²) in [7, 11) is 1.97. The summed E-state index contributed by atoms with van der Waals surface area (Å²) in [6.45, 7) is 0.446. The number of alkyl halides is 1. The molecule has 0 radical (unpaired) electrons. The van der Waals surface area contributed by atoms with Crippen molar-refractivity contribution < 1.29 is 9.90 Å². The Hall–Kier alpha value is -0.280. The number of rotatable bonds is 4. The zero-order chi connectivity index (χ0) is 10.6. The van der Waals surface area contributed by atoms with Crippen LogP contribution in [0.1, 0.15) is 32.1 Å². The molecule has 1 unspecified atom stereocenters. The summed E-state index contributed by atoms with van der Waals surface area (Å²) in [6, 6.07) is 0.532. The fourth-order valence-electron chi connectivity index (χ4n) is 2.00. The van der Waals surface area contributed by atoms with Gasteiger partial charge in [-0.3, -0.25) is 4.79 Å². The Morgan fingerprint density at radius 2 is 2.07 bits per heavy atom. The van der Waals surface area contributed by atoms with Gasteiger partial charge < -0.3 is 10.0 Å². The van der Waals surface area contributed by atoms with Gasteiger partial charge in [-0.1, -0.05) is 19.3 Å². The molecule has 1 aliphatic carbocycles.